The molecule has 0 unspecified atom stereocenters. The van der Waals surface area contributed by atoms with Gasteiger partial charge in [-0.25, -0.2) is 14.2 Å². The van der Waals surface area contributed by atoms with E-state index in [9.17, 15) is 19.8 Å². The molecule has 7 heteroatoms. The summed E-state index contributed by atoms with van der Waals surface area (Å²) in [5.41, 5.74) is 2.45. The number of carboxylic acid groups (broad SMARTS) is 2. The van der Waals surface area contributed by atoms with Crippen LogP contribution in [0, 0.1) is 0 Å². The third-order valence-corrected chi connectivity index (χ3v) is 6.07. The molecular weight excluding hydrogens is 394 g/mol. The van der Waals surface area contributed by atoms with E-state index in [4.69, 9.17) is 0 Å². The van der Waals surface area contributed by atoms with E-state index in [1.807, 2.05) is 12.1 Å². The number of piperazine rings is 1. The van der Waals surface area contributed by atoms with Gasteiger partial charge in [-0.1, -0.05) is 42.5 Å². The van der Waals surface area contributed by atoms with Crippen LogP contribution in [-0.2, 0) is 13.1 Å². The molecule has 1 saturated heterocycles. The van der Waals surface area contributed by atoms with Crippen molar-refractivity contribution in [2.24, 2.45) is 0 Å². The van der Waals surface area contributed by atoms with E-state index in [0.29, 0.717) is 29.5 Å². The fourth-order valence-corrected chi connectivity index (χ4v) is 4.67. The summed E-state index contributed by atoms with van der Waals surface area (Å²) in [6, 6.07) is 18.2. The van der Waals surface area contributed by atoms with Crippen LogP contribution in [0.25, 0.3) is 10.9 Å². The highest BCUT2D eigenvalue weighted by Crippen LogP contribution is 2.24. The SMILES string of the molecule is C[C@@H]1CN(Cc2ccc3cc(C(=O)O)n(C(=O)O)c3c2)C[C@H](C)N1Cc1ccccc1. The van der Waals surface area contributed by atoms with Crippen molar-refractivity contribution in [1.29, 1.82) is 0 Å². The average molecular weight is 421 g/mol. The van der Waals surface area contributed by atoms with Crippen LogP contribution in [0.5, 0.6) is 0 Å². The molecule has 0 radical (unpaired) electrons. The molecule has 31 heavy (non-hydrogen) atoms. The van der Waals surface area contributed by atoms with Gasteiger partial charge in [0.1, 0.15) is 5.69 Å². The second-order valence-corrected chi connectivity index (χ2v) is 8.40. The number of hydrogen-bond acceptors (Lipinski definition) is 4. The first-order valence-corrected chi connectivity index (χ1v) is 10.5. The first-order valence-electron chi connectivity index (χ1n) is 10.5. The Morgan fingerprint density at radius 1 is 0.903 bits per heavy atom. The Morgan fingerprint density at radius 2 is 1.58 bits per heavy atom. The summed E-state index contributed by atoms with van der Waals surface area (Å²) in [7, 11) is 0. The van der Waals surface area contributed by atoms with E-state index in [1.54, 1.807) is 12.1 Å². The summed E-state index contributed by atoms with van der Waals surface area (Å²) in [6.45, 7) is 7.92. The minimum atomic E-state index is -1.29. The fraction of sp³-hybridized carbons (Fsp3) is 0.333. The molecule has 1 aliphatic heterocycles. The summed E-state index contributed by atoms with van der Waals surface area (Å²) < 4.78 is 0.851. The van der Waals surface area contributed by atoms with Crippen LogP contribution in [0.3, 0.4) is 0 Å². The number of hydrogen-bond donors (Lipinski definition) is 2. The molecule has 2 atom stereocenters. The third kappa shape index (κ3) is 4.33. The number of carboxylic acids is 1. The minimum absolute atomic E-state index is 0.239. The van der Waals surface area contributed by atoms with Crippen molar-refractivity contribution in [3.05, 3.63) is 71.4 Å². The van der Waals surface area contributed by atoms with Crippen molar-refractivity contribution in [3.8, 4) is 0 Å². The zero-order chi connectivity index (χ0) is 22.1. The predicted octanol–water partition coefficient (Wildman–Crippen LogP) is 3.96. The van der Waals surface area contributed by atoms with Crippen molar-refractivity contribution in [2.75, 3.05) is 13.1 Å². The van der Waals surface area contributed by atoms with E-state index in [2.05, 4.69) is 47.9 Å². The molecule has 2 aromatic carbocycles. The van der Waals surface area contributed by atoms with Crippen LogP contribution in [0.15, 0.2) is 54.6 Å². The summed E-state index contributed by atoms with van der Waals surface area (Å²) in [4.78, 5) is 28.0. The van der Waals surface area contributed by atoms with Crippen molar-refractivity contribution in [3.63, 3.8) is 0 Å². The molecule has 162 valence electrons. The summed E-state index contributed by atoms with van der Waals surface area (Å²) in [6.07, 6.45) is -1.29. The smallest absolute Gasteiger partial charge is 0.416 e. The highest BCUT2D eigenvalue weighted by molar-refractivity contribution is 6.00. The molecule has 0 bridgehead atoms. The summed E-state index contributed by atoms with van der Waals surface area (Å²) >= 11 is 0. The Balaban J connectivity index is 1.51. The monoisotopic (exact) mass is 421 g/mol. The topological polar surface area (TPSA) is 86.0 Å². The normalized spacial score (nSPS) is 20.2. The van der Waals surface area contributed by atoms with Crippen LogP contribution in [0.1, 0.15) is 35.5 Å². The molecule has 1 aliphatic rings. The largest absolute Gasteiger partial charge is 0.477 e. The standard InChI is InChI=1S/C24H27N3O4/c1-16-12-25(13-17(2)26(16)15-18-6-4-3-5-7-18)14-19-8-9-20-11-22(23(28)29)27(24(30)31)21(20)10-19/h3-11,16-17H,12-15H2,1-2H3,(H,28,29)(H,30,31)/t16-,17+. The molecule has 4 rings (SSSR count). The Bertz CT molecular complexity index is 1100. The van der Waals surface area contributed by atoms with Crippen molar-refractivity contribution in [1.82, 2.24) is 14.4 Å². The molecule has 2 heterocycles. The number of aromatic nitrogens is 1. The Labute approximate surface area is 181 Å². The van der Waals surface area contributed by atoms with Gasteiger partial charge in [0.15, 0.2) is 0 Å². The maximum Gasteiger partial charge on any atom is 0.416 e. The van der Waals surface area contributed by atoms with E-state index in [0.717, 1.165) is 29.8 Å². The average Bonchev–Trinajstić information content (AvgIpc) is 3.11. The molecule has 7 nitrogen and oxygen atoms in total. The second kappa shape index (κ2) is 8.53. The summed E-state index contributed by atoms with van der Waals surface area (Å²) in [5.74, 6) is -1.25. The number of benzene rings is 2. The molecular formula is C24H27N3O4. The molecule has 0 aliphatic carbocycles. The van der Waals surface area contributed by atoms with Gasteiger partial charge in [-0.05, 0) is 37.1 Å². The Hall–Kier alpha value is -3.16. The van der Waals surface area contributed by atoms with Gasteiger partial charge in [0.2, 0.25) is 0 Å². The molecule has 1 aromatic heterocycles. The quantitative estimate of drug-likeness (QED) is 0.649. The zero-order valence-corrected chi connectivity index (χ0v) is 17.7. The highest BCUT2D eigenvalue weighted by atomic mass is 16.4. The lowest BCUT2D eigenvalue weighted by Crippen LogP contribution is -2.55. The van der Waals surface area contributed by atoms with E-state index in [1.165, 1.54) is 11.6 Å². The number of aromatic carboxylic acids is 1. The van der Waals surface area contributed by atoms with E-state index < -0.39 is 12.1 Å². The van der Waals surface area contributed by atoms with Gasteiger partial charge in [0, 0.05) is 43.6 Å². The highest BCUT2D eigenvalue weighted by Gasteiger charge is 2.29. The van der Waals surface area contributed by atoms with Crippen molar-refractivity contribution >= 4 is 23.0 Å². The molecule has 3 aromatic rings. The van der Waals surface area contributed by atoms with E-state index >= 15 is 0 Å². The van der Waals surface area contributed by atoms with Crippen LogP contribution in [-0.4, -0.2) is 61.8 Å². The second-order valence-electron chi connectivity index (χ2n) is 8.40. The van der Waals surface area contributed by atoms with Crippen molar-refractivity contribution < 1.29 is 19.8 Å². The number of carbonyl (C=O) groups is 2. The number of nitrogens with zero attached hydrogens (tertiary/aromatic N) is 3. The van der Waals surface area contributed by atoms with E-state index in [-0.39, 0.29) is 5.69 Å². The lowest BCUT2D eigenvalue weighted by atomic mass is 10.0. The van der Waals surface area contributed by atoms with Gasteiger partial charge >= 0.3 is 12.1 Å². The predicted molar refractivity (Wildman–Crippen MR) is 119 cm³/mol. The maximum absolute atomic E-state index is 11.7. The molecule has 0 saturated carbocycles. The Kier molecular flexibility index (Phi) is 5.80. The molecule has 0 amide bonds. The summed E-state index contributed by atoms with van der Waals surface area (Å²) in [5, 5.41) is 19.5. The van der Waals surface area contributed by atoms with Gasteiger partial charge in [-0.15, -0.1) is 0 Å². The van der Waals surface area contributed by atoms with Gasteiger partial charge in [0.25, 0.3) is 0 Å². The molecule has 0 spiro atoms. The number of fused-ring (bicyclic) bond motifs is 1. The number of rotatable bonds is 5. The lowest BCUT2D eigenvalue weighted by Gasteiger charge is -2.44. The molecule has 1 fully saturated rings. The van der Waals surface area contributed by atoms with Gasteiger partial charge in [0.05, 0.1) is 5.52 Å². The Morgan fingerprint density at radius 3 is 2.19 bits per heavy atom. The minimum Gasteiger partial charge on any atom is -0.477 e. The van der Waals surface area contributed by atoms with Gasteiger partial charge in [-0.3, -0.25) is 9.80 Å². The van der Waals surface area contributed by atoms with Crippen LogP contribution in [0.4, 0.5) is 4.79 Å². The fourth-order valence-electron chi connectivity index (χ4n) is 4.67. The lowest BCUT2D eigenvalue weighted by molar-refractivity contribution is 0.0290. The van der Waals surface area contributed by atoms with Gasteiger partial charge in [-0.2, -0.15) is 0 Å². The zero-order valence-electron chi connectivity index (χ0n) is 17.7. The first-order chi connectivity index (χ1) is 14.8. The maximum atomic E-state index is 11.7. The van der Waals surface area contributed by atoms with Crippen LogP contribution < -0.4 is 0 Å². The first kappa shape index (κ1) is 21.1. The molecule has 2 N–H and O–H groups in total. The van der Waals surface area contributed by atoms with Gasteiger partial charge < -0.3 is 10.2 Å². The van der Waals surface area contributed by atoms with Crippen molar-refractivity contribution in [2.45, 2.75) is 39.0 Å². The van der Waals surface area contributed by atoms with Crippen LogP contribution in [0.2, 0.25) is 0 Å². The third-order valence-electron chi connectivity index (χ3n) is 6.07. The van der Waals surface area contributed by atoms with Crippen LogP contribution >= 0.6 is 0 Å².